The van der Waals surface area contributed by atoms with E-state index in [-0.39, 0.29) is 12.2 Å². The second-order valence-corrected chi connectivity index (χ2v) is 6.48. The lowest BCUT2D eigenvalue weighted by atomic mass is 10.1. The normalized spacial score (nSPS) is 10.8. The minimum absolute atomic E-state index is 0.0567. The molecule has 1 amide bonds. The van der Waals surface area contributed by atoms with Crippen molar-refractivity contribution in [3.8, 4) is 17.6 Å². The summed E-state index contributed by atoms with van der Waals surface area (Å²) in [5.41, 5.74) is 3.06. The summed E-state index contributed by atoms with van der Waals surface area (Å²) in [6.07, 6.45) is 3.04. The van der Waals surface area contributed by atoms with E-state index in [2.05, 4.69) is 11.9 Å². The molecule has 6 heteroatoms. The van der Waals surface area contributed by atoms with E-state index in [1.165, 1.54) is 13.2 Å². The van der Waals surface area contributed by atoms with Gasteiger partial charge in [0.25, 0.3) is 5.91 Å². The smallest absolute Gasteiger partial charge is 0.266 e. The van der Waals surface area contributed by atoms with Crippen LogP contribution >= 0.6 is 11.6 Å². The van der Waals surface area contributed by atoms with Gasteiger partial charge in [-0.3, -0.25) is 4.79 Å². The number of carbonyl (C=O) groups excluding carboxylic acids is 1. The van der Waals surface area contributed by atoms with Crippen molar-refractivity contribution in [3.63, 3.8) is 0 Å². The standard InChI is InChI=1S/C22H21ClN2O3/c1-5-8-28-21-18(23)11-16(12-20(21)27-4)10-17(13-24)22(26)25-19-9-14(2)6-7-15(19)3/h5-7,9-12H,1,8H2,2-4H3,(H,25,26)/b17-10+. The lowest BCUT2D eigenvalue weighted by Gasteiger charge is -2.12. The van der Waals surface area contributed by atoms with Crippen molar-refractivity contribution < 1.29 is 14.3 Å². The highest BCUT2D eigenvalue weighted by molar-refractivity contribution is 6.32. The number of hydrogen-bond donors (Lipinski definition) is 1. The first-order chi connectivity index (χ1) is 13.4. The van der Waals surface area contributed by atoms with Crippen molar-refractivity contribution in [2.24, 2.45) is 0 Å². The third kappa shape index (κ3) is 5.15. The number of ether oxygens (including phenoxy) is 2. The minimum Gasteiger partial charge on any atom is -0.493 e. The molecule has 144 valence electrons. The lowest BCUT2D eigenvalue weighted by Crippen LogP contribution is -2.14. The van der Waals surface area contributed by atoms with Crippen molar-refractivity contribution >= 4 is 29.3 Å². The van der Waals surface area contributed by atoms with Crippen molar-refractivity contribution in [2.45, 2.75) is 13.8 Å². The van der Waals surface area contributed by atoms with Gasteiger partial charge in [0, 0.05) is 5.69 Å². The third-order valence-electron chi connectivity index (χ3n) is 3.91. The molecule has 2 aromatic rings. The number of nitrogens with zero attached hydrogens (tertiary/aromatic N) is 1. The molecule has 28 heavy (non-hydrogen) atoms. The van der Waals surface area contributed by atoms with Crippen LogP contribution in [0.4, 0.5) is 5.69 Å². The number of methoxy groups -OCH3 is 1. The molecule has 5 nitrogen and oxygen atoms in total. The van der Waals surface area contributed by atoms with Gasteiger partial charge in [0.15, 0.2) is 11.5 Å². The van der Waals surface area contributed by atoms with Crippen LogP contribution in [0.3, 0.4) is 0 Å². The van der Waals surface area contributed by atoms with Gasteiger partial charge < -0.3 is 14.8 Å². The molecule has 1 N–H and O–H groups in total. The fraction of sp³-hybridized carbons (Fsp3) is 0.182. The maximum atomic E-state index is 12.6. The van der Waals surface area contributed by atoms with Crippen LogP contribution in [-0.4, -0.2) is 19.6 Å². The van der Waals surface area contributed by atoms with Crippen LogP contribution in [0, 0.1) is 25.2 Å². The highest BCUT2D eigenvalue weighted by Crippen LogP contribution is 2.37. The largest absolute Gasteiger partial charge is 0.493 e. The molecule has 0 saturated heterocycles. The Morgan fingerprint density at radius 1 is 1.32 bits per heavy atom. The number of hydrogen-bond acceptors (Lipinski definition) is 4. The van der Waals surface area contributed by atoms with Crippen LogP contribution in [0.5, 0.6) is 11.5 Å². The van der Waals surface area contributed by atoms with Crippen LogP contribution in [0.15, 0.2) is 48.6 Å². The first-order valence-electron chi connectivity index (χ1n) is 8.51. The predicted molar refractivity (Wildman–Crippen MR) is 112 cm³/mol. The molecule has 0 bridgehead atoms. The zero-order valence-electron chi connectivity index (χ0n) is 16.0. The van der Waals surface area contributed by atoms with Gasteiger partial charge in [-0.2, -0.15) is 5.26 Å². The Balaban J connectivity index is 2.34. The number of anilines is 1. The van der Waals surface area contributed by atoms with E-state index in [1.54, 1.807) is 18.2 Å². The van der Waals surface area contributed by atoms with Gasteiger partial charge in [0.05, 0.1) is 12.1 Å². The van der Waals surface area contributed by atoms with Crippen LogP contribution in [0.2, 0.25) is 5.02 Å². The number of aryl methyl sites for hydroxylation is 2. The monoisotopic (exact) mass is 396 g/mol. The van der Waals surface area contributed by atoms with Gasteiger partial charge >= 0.3 is 0 Å². The zero-order chi connectivity index (χ0) is 20.7. The first-order valence-corrected chi connectivity index (χ1v) is 8.89. The molecule has 0 radical (unpaired) electrons. The molecule has 0 aromatic heterocycles. The number of halogens is 1. The Morgan fingerprint density at radius 2 is 2.07 bits per heavy atom. The van der Waals surface area contributed by atoms with E-state index in [4.69, 9.17) is 21.1 Å². The fourth-order valence-electron chi connectivity index (χ4n) is 2.48. The average molecular weight is 397 g/mol. The second-order valence-electron chi connectivity index (χ2n) is 6.08. The van der Waals surface area contributed by atoms with E-state index in [0.29, 0.717) is 27.8 Å². The number of amides is 1. The molecular weight excluding hydrogens is 376 g/mol. The van der Waals surface area contributed by atoms with Gasteiger partial charge in [0.2, 0.25) is 0 Å². The molecule has 0 heterocycles. The molecule has 0 unspecified atom stereocenters. The molecule has 0 aliphatic heterocycles. The Hall–Kier alpha value is -3.23. The maximum absolute atomic E-state index is 12.6. The summed E-state index contributed by atoms with van der Waals surface area (Å²) in [6, 6.07) is 10.9. The van der Waals surface area contributed by atoms with E-state index < -0.39 is 5.91 Å². The molecule has 0 saturated carbocycles. The Bertz CT molecular complexity index is 974. The van der Waals surface area contributed by atoms with Crippen LogP contribution in [0.25, 0.3) is 6.08 Å². The van der Waals surface area contributed by atoms with Gasteiger partial charge in [-0.15, -0.1) is 0 Å². The van der Waals surface area contributed by atoms with Crippen LogP contribution in [-0.2, 0) is 4.79 Å². The summed E-state index contributed by atoms with van der Waals surface area (Å²) in [6.45, 7) is 7.68. The van der Waals surface area contributed by atoms with Crippen LogP contribution < -0.4 is 14.8 Å². The number of nitriles is 1. The Kier molecular flexibility index (Phi) is 7.25. The highest BCUT2D eigenvalue weighted by Gasteiger charge is 2.14. The van der Waals surface area contributed by atoms with Crippen LogP contribution in [0.1, 0.15) is 16.7 Å². The van der Waals surface area contributed by atoms with Gasteiger partial charge in [-0.1, -0.05) is 36.4 Å². The lowest BCUT2D eigenvalue weighted by molar-refractivity contribution is -0.112. The average Bonchev–Trinajstić information content (AvgIpc) is 2.67. The van der Waals surface area contributed by atoms with Gasteiger partial charge in [-0.05, 0) is 54.8 Å². The SMILES string of the molecule is C=CCOc1c(Cl)cc(/C=C(\C#N)C(=O)Nc2cc(C)ccc2C)cc1OC. The summed E-state index contributed by atoms with van der Waals surface area (Å²) in [7, 11) is 1.48. The predicted octanol–water partition coefficient (Wildman–Crippen LogP) is 5.08. The van der Waals surface area contributed by atoms with Gasteiger partial charge in [-0.25, -0.2) is 0 Å². The van der Waals surface area contributed by atoms with Crippen molar-refractivity contribution in [2.75, 3.05) is 19.0 Å². The second kappa shape index (κ2) is 9.63. The van der Waals surface area contributed by atoms with E-state index in [9.17, 15) is 10.1 Å². The van der Waals surface area contributed by atoms with Gasteiger partial charge in [0.1, 0.15) is 18.2 Å². The number of carbonyl (C=O) groups is 1. The van der Waals surface area contributed by atoms with Crippen molar-refractivity contribution in [3.05, 3.63) is 70.3 Å². The molecule has 2 aromatic carbocycles. The molecule has 0 aliphatic rings. The zero-order valence-corrected chi connectivity index (χ0v) is 16.8. The Morgan fingerprint density at radius 3 is 2.71 bits per heavy atom. The summed E-state index contributed by atoms with van der Waals surface area (Å²) >= 11 is 6.27. The third-order valence-corrected chi connectivity index (χ3v) is 4.20. The highest BCUT2D eigenvalue weighted by atomic mass is 35.5. The quantitative estimate of drug-likeness (QED) is 0.402. The summed E-state index contributed by atoms with van der Waals surface area (Å²) in [4.78, 5) is 12.6. The van der Waals surface area contributed by atoms with E-state index in [0.717, 1.165) is 11.1 Å². The topological polar surface area (TPSA) is 71.3 Å². The maximum Gasteiger partial charge on any atom is 0.266 e. The van der Waals surface area contributed by atoms with Crippen molar-refractivity contribution in [1.82, 2.24) is 0 Å². The number of rotatable bonds is 7. The molecule has 0 fully saturated rings. The summed E-state index contributed by atoms with van der Waals surface area (Å²) < 4.78 is 10.8. The molecule has 0 atom stereocenters. The molecular formula is C22H21ClN2O3. The summed E-state index contributed by atoms with van der Waals surface area (Å²) in [5, 5.41) is 12.5. The number of benzene rings is 2. The van der Waals surface area contributed by atoms with E-state index in [1.807, 2.05) is 38.1 Å². The minimum atomic E-state index is -0.502. The molecule has 0 spiro atoms. The fourth-order valence-corrected chi connectivity index (χ4v) is 2.75. The summed E-state index contributed by atoms with van der Waals surface area (Å²) in [5.74, 6) is 0.269. The molecule has 0 aliphatic carbocycles. The number of nitrogens with one attached hydrogen (secondary N) is 1. The van der Waals surface area contributed by atoms with Crippen molar-refractivity contribution in [1.29, 1.82) is 5.26 Å². The first kappa shape index (κ1) is 21.1. The van der Waals surface area contributed by atoms with E-state index >= 15 is 0 Å². The Labute approximate surface area is 169 Å². The molecule has 2 rings (SSSR count).